The van der Waals surface area contributed by atoms with E-state index in [1.54, 1.807) is 0 Å². The quantitative estimate of drug-likeness (QED) is 0.162. The third-order valence-corrected chi connectivity index (χ3v) is 9.69. The van der Waals surface area contributed by atoms with Crippen molar-refractivity contribution in [1.82, 2.24) is 9.55 Å². The van der Waals surface area contributed by atoms with Crippen LogP contribution in [-0.2, 0) is 9.31 Å². The topological polar surface area (TPSA) is 39.2 Å². The lowest BCUT2D eigenvalue weighted by atomic mass is 9.78. The number of para-hydroxylation sites is 1. The van der Waals surface area contributed by atoms with E-state index in [0.29, 0.717) is 0 Å². The van der Waals surface area contributed by atoms with Crippen LogP contribution < -0.4 is 5.46 Å². The van der Waals surface area contributed by atoms with E-state index >= 15 is 0 Å². The van der Waals surface area contributed by atoms with Crippen molar-refractivity contribution < 1.29 is 9.31 Å². The van der Waals surface area contributed by atoms with Crippen molar-refractivity contribution in [3.63, 3.8) is 0 Å². The van der Waals surface area contributed by atoms with Gasteiger partial charge in [-0.25, -0.2) is 0 Å². The number of aromatic nitrogens is 2. The lowest BCUT2D eigenvalue weighted by molar-refractivity contribution is 0.00578. The van der Waals surface area contributed by atoms with Crippen LogP contribution in [0.15, 0.2) is 134 Å². The maximum atomic E-state index is 6.45. The Balaban J connectivity index is 0.000000550. The minimum Gasteiger partial charge on any atom is -0.399 e. The molecule has 4 nitrogen and oxygen atoms in total. The van der Waals surface area contributed by atoms with Crippen molar-refractivity contribution in [3.05, 3.63) is 134 Å². The second-order valence-corrected chi connectivity index (χ2v) is 12.9. The largest absolute Gasteiger partial charge is 0.494 e. The maximum absolute atomic E-state index is 6.45. The lowest BCUT2D eigenvalue weighted by Crippen LogP contribution is -2.41. The Morgan fingerprint density at radius 3 is 1.56 bits per heavy atom. The van der Waals surface area contributed by atoms with Crippen LogP contribution in [0.2, 0.25) is 0 Å². The Morgan fingerprint density at radius 1 is 0.489 bits per heavy atom. The average Bonchev–Trinajstić information content (AvgIpc) is 3.79. The fourth-order valence-corrected chi connectivity index (χ4v) is 6.69. The highest BCUT2D eigenvalue weighted by Crippen LogP contribution is 2.41. The number of benzene rings is 6. The standard InChI is InChI=1S/C36H30BNO2.C4H5N/c1-35(2)36(3,4)40-37(39-35)23-18-19-33-31(20-23)32-21-29-27-16-10-8-14-25(27)26-15-9-11-17-28(26)30(29)22-34(32)38(33)24-12-6-5-7-13-24;1-2-4-5-3-1/h5-22H,1-4H3;1-5H. The molecule has 0 amide bonds. The number of aromatic amines is 1. The molecule has 8 aromatic rings. The van der Waals surface area contributed by atoms with Gasteiger partial charge in [-0.1, -0.05) is 78.9 Å². The van der Waals surface area contributed by atoms with Gasteiger partial charge in [-0.2, -0.15) is 0 Å². The van der Waals surface area contributed by atoms with E-state index in [1.165, 1.54) is 54.1 Å². The fraction of sp³-hybridized carbons (Fsp3) is 0.150. The summed E-state index contributed by atoms with van der Waals surface area (Å²) in [5, 5.41) is 10.1. The highest BCUT2D eigenvalue weighted by Gasteiger charge is 2.51. The number of hydrogen-bond acceptors (Lipinski definition) is 2. The number of nitrogens with zero attached hydrogens (tertiary/aromatic N) is 1. The van der Waals surface area contributed by atoms with E-state index in [4.69, 9.17) is 9.31 Å². The van der Waals surface area contributed by atoms with Crippen LogP contribution in [0.3, 0.4) is 0 Å². The summed E-state index contributed by atoms with van der Waals surface area (Å²) in [6, 6.07) is 43.5. The Labute approximate surface area is 263 Å². The molecule has 0 saturated carbocycles. The van der Waals surface area contributed by atoms with Crippen LogP contribution in [-0.4, -0.2) is 27.9 Å². The summed E-state index contributed by atoms with van der Waals surface area (Å²) in [5.41, 5.74) is 3.78. The molecule has 1 fully saturated rings. The number of rotatable bonds is 2. The van der Waals surface area contributed by atoms with Crippen molar-refractivity contribution in [2.75, 3.05) is 0 Å². The number of hydrogen-bond donors (Lipinski definition) is 1. The summed E-state index contributed by atoms with van der Waals surface area (Å²) >= 11 is 0. The van der Waals surface area contributed by atoms with Crippen molar-refractivity contribution >= 4 is 66.7 Å². The summed E-state index contributed by atoms with van der Waals surface area (Å²) in [6.07, 6.45) is 3.75. The van der Waals surface area contributed by atoms with E-state index in [9.17, 15) is 0 Å². The van der Waals surface area contributed by atoms with Crippen LogP contribution >= 0.6 is 0 Å². The van der Waals surface area contributed by atoms with Gasteiger partial charge in [-0.05, 0) is 108 Å². The van der Waals surface area contributed by atoms with Gasteiger partial charge in [0.15, 0.2) is 0 Å². The van der Waals surface area contributed by atoms with Crippen LogP contribution in [0, 0.1) is 0 Å². The molecule has 1 aliphatic heterocycles. The molecule has 0 radical (unpaired) electrons. The van der Waals surface area contributed by atoms with Gasteiger partial charge in [0.25, 0.3) is 0 Å². The summed E-state index contributed by atoms with van der Waals surface area (Å²) in [6.45, 7) is 8.42. The molecule has 1 saturated heterocycles. The van der Waals surface area contributed by atoms with Crippen molar-refractivity contribution in [3.8, 4) is 5.69 Å². The third kappa shape index (κ3) is 4.46. The van der Waals surface area contributed by atoms with Gasteiger partial charge in [0.1, 0.15) is 0 Å². The molecule has 2 aromatic heterocycles. The Morgan fingerprint density at radius 2 is 1.00 bits per heavy atom. The van der Waals surface area contributed by atoms with Crippen LogP contribution in [0.25, 0.3) is 59.8 Å². The summed E-state index contributed by atoms with van der Waals surface area (Å²) in [4.78, 5) is 2.86. The van der Waals surface area contributed by atoms with Gasteiger partial charge >= 0.3 is 7.12 Å². The molecule has 220 valence electrons. The molecule has 1 aliphatic rings. The number of nitrogens with one attached hydrogen (secondary N) is 1. The van der Waals surface area contributed by atoms with E-state index in [-0.39, 0.29) is 11.2 Å². The lowest BCUT2D eigenvalue weighted by Gasteiger charge is -2.32. The maximum Gasteiger partial charge on any atom is 0.494 e. The van der Waals surface area contributed by atoms with E-state index < -0.39 is 7.12 Å². The fourth-order valence-electron chi connectivity index (χ4n) is 6.69. The average molecular weight is 587 g/mol. The second kappa shape index (κ2) is 10.4. The first-order chi connectivity index (χ1) is 21.8. The first-order valence-electron chi connectivity index (χ1n) is 15.6. The smallest absolute Gasteiger partial charge is 0.399 e. The third-order valence-electron chi connectivity index (χ3n) is 9.69. The molecular weight excluding hydrogens is 551 g/mol. The SMILES string of the molecule is CC1(C)OB(c2ccc3c(c2)c2cc4c5ccccc5c5ccccc5c4cc2n3-c2ccccc2)OC1(C)C.c1cc[nH]c1. The minimum absolute atomic E-state index is 0.388. The molecule has 0 spiro atoms. The summed E-state index contributed by atoms with van der Waals surface area (Å²) in [5.74, 6) is 0. The molecule has 6 aromatic carbocycles. The van der Waals surface area contributed by atoms with Gasteiger partial charge in [0, 0.05) is 28.9 Å². The van der Waals surface area contributed by atoms with Crippen LogP contribution in [0.5, 0.6) is 0 Å². The molecule has 0 aliphatic carbocycles. The molecule has 45 heavy (non-hydrogen) atoms. The normalized spacial score (nSPS) is 15.7. The van der Waals surface area contributed by atoms with Gasteiger partial charge < -0.3 is 18.9 Å². The predicted molar refractivity (Wildman–Crippen MR) is 190 cm³/mol. The van der Waals surface area contributed by atoms with Gasteiger partial charge in [-0.3, -0.25) is 0 Å². The molecule has 0 atom stereocenters. The summed E-state index contributed by atoms with van der Waals surface area (Å²) in [7, 11) is -0.408. The number of fused-ring (bicyclic) bond motifs is 9. The van der Waals surface area contributed by atoms with Crippen molar-refractivity contribution in [1.29, 1.82) is 0 Å². The zero-order valence-corrected chi connectivity index (χ0v) is 26.0. The molecular formula is C40H35BN2O2. The molecule has 9 rings (SSSR count). The Kier molecular flexibility index (Phi) is 6.38. The van der Waals surface area contributed by atoms with E-state index in [2.05, 4.69) is 146 Å². The highest BCUT2D eigenvalue weighted by molar-refractivity contribution is 6.62. The van der Waals surface area contributed by atoms with Crippen molar-refractivity contribution in [2.45, 2.75) is 38.9 Å². The van der Waals surface area contributed by atoms with Gasteiger partial charge in [0.2, 0.25) is 0 Å². The first kappa shape index (κ1) is 27.7. The summed E-state index contributed by atoms with van der Waals surface area (Å²) < 4.78 is 15.3. The number of H-pyrrole nitrogens is 1. The predicted octanol–water partition coefficient (Wildman–Crippen LogP) is 9.56. The molecule has 0 bridgehead atoms. The Hall–Kier alpha value is -4.84. The Bertz CT molecular complexity index is 2300. The molecule has 0 unspecified atom stereocenters. The zero-order valence-electron chi connectivity index (χ0n) is 26.0. The molecule has 5 heteroatoms. The van der Waals surface area contributed by atoms with E-state index in [1.807, 2.05) is 24.5 Å². The molecule has 3 heterocycles. The van der Waals surface area contributed by atoms with E-state index in [0.717, 1.165) is 11.2 Å². The zero-order chi connectivity index (χ0) is 30.8. The van der Waals surface area contributed by atoms with Crippen molar-refractivity contribution in [2.24, 2.45) is 0 Å². The highest BCUT2D eigenvalue weighted by atomic mass is 16.7. The monoisotopic (exact) mass is 586 g/mol. The first-order valence-corrected chi connectivity index (χ1v) is 15.6. The second-order valence-electron chi connectivity index (χ2n) is 12.9. The van der Waals surface area contributed by atoms with Gasteiger partial charge in [0.05, 0.1) is 22.2 Å². The van der Waals surface area contributed by atoms with Gasteiger partial charge in [-0.15, -0.1) is 0 Å². The minimum atomic E-state index is -0.408. The van der Waals surface area contributed by atoms with Crippen LogP contribution in [0.4, 0.5) is 0 Å². The van der Waals surface area contributed by atoms with Crippen LogP contribution in [0.1, 0.15) is 27.7 Å². The molecule has 1 N–H and O–H groups in total.